The summed E-state index contributed by atoms with van der Waals surface area (Å²) in [4.78, 5) is 28.0. The number of benzene rings is 2. The highest BCUT2D eigenvalue weighted by atomic mass is 16.2. The molecule has 1 heterocycles. The summed E-state index contributed by atoms with van der Waals surface area (Å²) in [6.07, 6.45) is 5.76. The van der Waals surface area contributed by atoms with Crippen LogP contribution in [0.5, 0.6) is 0 Å². The number of piperidine rings is 1. The molecule has 1 atom stereocenters. The Morgan fingerprint density at radius 2 is 1.78 bits per heavy atom. The van der Waals surface area contributed by atoms with E-state index < -0.39 is 0 Å². The SMILES string of the molecule is CCCCCC(=O)Nc1ccc(N2CCC(C)CC2)c(C(=O)NC(C)c2ccccc2)c1. The van der Waals surface area contributed by atoms with E-state index >= 15 is 0 Å². The molecule has 3 rings (SSSR count). The molecule has 1 fully saturated rings. The lowest BCUT2D eigenvalue weighted by molar-refractivity contribution is -0.116. The van der Waals surface area contributed by atoms with Gasteiger partial charge < -0.3 is 15.5 Å². The molecule has 0 bridgehead atoms. The van der Waals surface area contributed by atoms with Crippen molar-refractivity contribution in [2.75, 3.05) is 23.3 Å². The van der Waals surface area contributed by atoms with Gasteiger partial charge in [-0.05, 0) is 55.9 Å². The first kappa shape index (κ1) is 23.8. The van der Waals surface area contributed by atoms with Crippen LogP contribution in [0.2, 0.25) is 0 Å². The van der Waals surface area contributed by atoms with E-state index in [9.17, 15) is 9.59 Å². The molecular formula is C27H37N3O2. The van der Waals surface area contributed by atoms with Crippen molar-refractivity contribution in [3.05, 3.63) is 59.7 Å². The lowest BCUT2D eigenvalue weighted by Crippen LogP contribution is -2.35. The largest absolute Gasteiger partial charge is 0.371 e. The predicted molar refractivity (Wildman–Crippen MR) is 132 cm³/mol. The fraction of sp³-hybridized carbons (Fsp3) is 0.481. The molecule has 0 saturated carbocycles. The van der Waals surface area contributed by atoms with Crippen LogP contribution in [0.25, 0.3) is 0 Å². The summed E-state index contributed by atoms with van der Waals surface area (Å²) < 4.78 is 0. The summed E-state index contributed by atoms with van der Waals surface area (Å²) in [6, 6.07) is 15.6. The summed E-state index contributed by atoms with van der Waals surface area (Å²) in [5, 5.41) is 6.13. The molecule has 2 amide bonds. The summed E-state index contributed by atoms with van der Waals surface area (Å²) >= 11 is 0. The highest BCUT2D eigenvalue weighted by molar-refractivity contribution is 6.02. The molecule has 2 aromatic rings. The average Bonchev–Trinajstić information content (AvgIpc) is 2.80. The fourth-order valence-electron chi connectivity index (χ4n) is 4.18. The number of nitrogens with zero attached hydrogens (tertiary/aromatic N) is 1. The quantitative estimate of drug-likeness (QED) is 0.480. The van der Waals surface area contributed by atoms with Gasteiger partial charge in [-0.2, -0.15) is 0 Å². The van der Waals surface area contributed by atoms with E-state index in [-0.39, 0.29) is 17.9 Å². The zero-order chi connectivity index (χ0) is 22.9. The molecule has 1 aliphatic rings. The molecule has 0 radical (unpaired) electrons. The summed E-state index contributed by atoms with van der Waals surface area (Å²) in [5.41, 5.74) is 3.31. The molecule has 2 aromatic carbocycles. The van der Waals surface area contributed by atoms with Gasteiger partial charge >= 0.3 is 0 Å². The Hall–Kier alpha value is -2.82. The standard InChI is InChI=1S/C27H37N3O2/c1-4-5-7-12-26(31)29-23-13-14-25(30-17-15-20(2)16-18-30)24(19-23)27(32)28-21(3)22-10-8-6-9-11-22/h6,8-11,13-14,19-21H,4-5,7,12,15-18H2,1-3H3,(H,28,32)(H,29,31). The molecule has 0 aliphatic carbocycles. The monoisotopic (exact) mass is 435 g/mol. The summed E-state index contributed by atoms with van der Waals surface area (Å²) in [7, 11) is 0. The normalized spacial score (nSPS) is 15.3. The molecule has 2 N–H and O–H groups in total. The van der Waals surface area contributed by atoms with Gasteiger partial charge in [-0.3, -0.25) is 9.59 Å². The third kappa shape index (κ3) is 6.59. The van der Waals surface area contributed by atoms with Crippen molar-refractivity contribution in [1.29, 1.82) is 0 Å². The second kappa shape index (κ2) is 11.7. The number of unbranched alkanes of at least 4 members (excludes halogenated alkanes) is 2. The molecule has 1 saturated heterocycles. The van der Waals surface area contributed by atoms with E-state index in [0.29, 0.717) is 23.6 Å². The van der Waals surface area contributed by atoms with Gasteiger partial charge in [-0.25, -0.2) is 0 Å². The van der Waals surface area contributed by atoms with Crippen LogP contribution in [0.15, 0.2) is 48.5 Å². The Morgan fingerprint density at radius 1 is 1.06 bits per heavy atom. The van der Waals surface area contributed by atoms with Crippen LogP contribution in [0.1, 0.15) is 81.3 Å². The zero-order valence-electron chi connectivity index (χ0n) is 19.7. The highest BCUT2D eigenvalue weighted by Gasteiger charge is 2.23. The lowest BCUT2D eigenvalue weighted by Gasteiger charge is -2.33. The number of carbonyl (C=O) groups excluding carboxylic acids is 2. The first-order chi connectivity index (χ1) is 15.5. The second-order valence-corrected chi connectivity index (χ2v) is 9.01. The number of nitrogens with one attached hydrogen (secondary N) is 2. The van der Waals surface area contributed by atoms with Crippen molar-refractivity contribution >= 4 is 23.2 Å². The number of hydrogen-bond acceptors (Lipinski definition) is 3. The van der Waals surface area contributed by atoms with Crippen molar-refractivity contribution in [3.63, 3.8) is 0 Å². The summed E-state index contributed by atoms with van der Waals surface area (Å²) in [6.45, 7) is 8.29. The molecule has 5 nitrogen and oxygen atoms in total. The number of amides is 2. The highest BCUT2D eigenvalue weighted by Crippen LogP contribution is 2.29. The van der Waals surface area contributed by atoms with E-state index in [1.165, 1.54) is 0 Å². The van der Waals surface area contributed by atoms with Crippen LogP contribution >= 0.6 is 0 Å². The van der Waals surface area contributed by atoms with Crippen LogP contribution in [0, 0.1) is 5.92 Å². The van der Waals surface area contributed by atoms with Gasteiger partial charge in [0.15, 0.2) is 0 Å². The van der Waals surface area contributed by atoms with Crippen LogP contribution in [0.3, 0.4) is 0 Å². The van der Waals surface area contributed by atoms with Gasteiger partial charge in [-0.1, -0.05) is 57.0 Å². The number of anilines is 2. The minimum atomic E-state index is -0.114. The molecule has 1 unspecified atom stereocenters. The topological polar surface area (TPSA) is 61.4 Å². The maximum Gasteiger partial charge on any atom is 0.253 e. The first-order valence-corrected chi connectivity index (χ1v) is 12.0. The van der Waals surface area contributed by atoms with E-state index in [4.69, 9.17) is 0 Å². The van der Waals surface area contributed by atoms with E-state index in [2.05, 4.69) is 29.4 Å². The average molecular weight is 436 g/mol. The van der Waals surface area contributed by atoms with Crippen molar-refractivity contribution in [3.8, 4) is 0 Å². The molecule has 5 heteroatoms. The van der Waals surface area contributed by atoms with Crippen molar-refractivity contribution < 1.29 is 9.59 Å². The Balaban J connectivity index is 1.80. The number of carbonyl (C=O) groups is 2. The van der Waals surface area contributed by atoms with E-state index in [0.717, 1.165) is 56.4 Å². The second-order valence-electron chi connectivity index (χ2n) is 9.01. The van der Waals surface area contributed by atoms with Gasteiger partial charge in [0.05, 0.1) is 11.6 Å². The zero-order valence-corrected chi connectivity index (χ0v) is 19.7. The van der Waals surface area contributed by atoms with Crippen molar-refractivity contribution in [1.82, 2.24) is 5.32 Å². The van der Waals surface area contributed by atoms with Crippen LogP contribution in [0.4, 0.5) is 11.4 Å². The Bertz CT molecular complexity index is 889. The minimum absolute atomic E-state index is 0.00186. The van der Waals surface area contributed by atoms with Crippen LogP contribution in [-0.2, 0) is 4.79 Å². The number of rotatable bonds is 9. The van der Waals surface area contributed by atoms with Gasteiger partial charge in [0.25, 0.3) is 5.91 Å². The van der Waals surface area contributed by atoms with Gasteiger partial charge in [0.2, 0.25) is 5.91 Å². The molecule has 0 spiro atoms. The fourth-order valence-corrected chi connectivity index (χ4v) is 4.18. The maximum absolute atomic E-state index is 13.4. The molecule has 1 aliphatic heterocycles. The van der Waals surface area contributed by atoms with Crippen LogP contribution in [-0.4, -0.2) is 24.9 Å². The Morgan fingerprint density at radius 3 is 2.47 bits per heavy atom. The Labute approximate surface area is 192 Å². The van der Waals surface area contributed by atoms with Gasteiger partial charge in [0.1, 0.15) is 0 Å². The smallest absolute Gasteiger partial charge is 0.253 e. The molecule has 172 valence electrons. The first-order valence-electron chi connectivity index (χ1n) is 12.0. The van der Waals surface area contributed by atoms with E-state index in [1.807, 2.05) is 55.5 Å². The molecule has 0 aromatic heterocycles. The Kier molecular flexibility index (Phi) is 8.72. The third-order valence-corrected chi connectivity index (χ3v) is 6.30. The molecular weight excluding hydrogens is 398 g/mol. The van der Waals surface area contributed by atoms with Gasteiger partial charge in [0, 0.05) is 30.9 Å². The lowest BCUT2D eigenvalue weighted by atomic mass is 9.97. The predicted octanol–water partition coefficient (Wildman–Crippen LogP) is 5.93. The van der Waals surface area contributed by atoms with Crippen LogP contribution < -0.4 is 15.5 Å². The van der Waals surface area contributed by atoms with E-state index in [1.54, 1.807) is 0 Å². The third-order valence-electron chi connectivity index (χ3n) is 6.30. The minimum Gasteiger partial charge on any atom is -0.371 e. The van der Waals surface area contributed by atoms with Gasteiger partial charge in [-0.15, -0.1) is 0 Å². The van der Waals surface area contributed by atoms with Crippen molar-refractivity contribution in [2.45, 2.75) is 65.3 Å². The number of hydrogen-bond donors (Lipinski definition) is 2. The summed E-state index contributed by atoms with van der Waals surface area (Å²) in [5.74, 6) is 0.599. The van der Waals surface area contributed by atoms with Crippen molar-refractivity contribution in [2.24, 2.45) is 5.92 Å². The maximum atomic E-state index is 13.4. The molecule has 32 heavy (non-hydrogen) atoms.